The summed E-state index contributed by atoms with van der Waals surface area (Å²) in [7, 11) is 8.23. The Morgan fingerprint density at radius 1 is 0.625 bits per heavy atom. The fourth-order valence-corrected chi connectivity index (χ4v) is 5.05. The van der Waals surface area contributed by atoms with E-state index in [1.165, 1.54) is 68.6 Å². The van der Waals surface area contributed by atoms with E-state index in [0.29, 0.717) is 20.4 Å². The molecule has 4 unspecified atom stereocenters. The molecule has 222 valence electrons. The van der Waals surface area contributed by atoms with Gasteiger partial charge in [-0.3, -0.25) is 0 Å². The number of carbonyl (C=O) groups excluding carboxylic acids is 2. The molecule has 4 atom stereocenters. The van der Waals surface area contributed by atoms with Crippen molar-refractivity contribution in [3.8, 4) is 23.0 Å². The molecule has 0 amide bonds. The van der Waals surface area contributed by atoms with Crippen LogP contribution in [0.2, 0.25) is 0 Å². The Balaban J connectivity index is 2.61. The first-order chi connectivity index (χ1) is 18.8. The second-order valence-electron chi connectivity index (χ2n) is 8.47. The lowest BCUT2D eigenvalue weighted by Gasteiger charge is -2.38. The van der Waals surface area contributed by atoms with Crippen LogP contribution in [0.15, 0.2) is 33.2 Å². The van der Waals surface area contributed by atoms with Crippen molar-refractivity contribution in [1.29, 1.82) is 0 Å². The number of benzene rings is 2. The quantitative estimate of drug-likeness (QED) is 0.190. The number of rotatable bonds is 12. The summed E-state index contributed by atoms with van der Waals surface area (Å²) in [6, 6.07) is 4.16. The van der Waals surface area contributed by atoms with Gasteiger partial charge in [-0.1, -0.05) is 0 Å². The maximum absolute atomic E-state index is 13.3. The smallest absolute Gasteiger partial charge is 0.420 e. The summed E-state index contributed by atoms with van der Waals surface area (Å²) < 4.78 is 45.3. The van der Waals surface area contributed by atoms with Crippen LogP contribution in [0, 0.1) is 0 Å². The maximum Gasteiger partial charge on any atom is 0.420 e. The van der Waals surface area contributed by atoms with E-state index in [9.17, 15) is 9.59 Å². The topological polar surface area (TPSA) is 160 Å². The Morgan fingerprint density at radius 2 is 0.925 bits per heavy atom. The first-order valence-corrected chi connectivity index (χ1v) is 13.3. The molecule has 2 rings (SSSR count). The van der Waals surface area contributed by atoms with E-state index in [4.69, 9.17) is 49.4 Å². The SMILES string of the molecule is COc1cc(C(OC)(OC(=O)C(=O)OC(OC)(c2cc(OC)c(Br)cc2OC)C(C)N)C(C)N)c(OC)cc1Br. The van der Waals surface area contributed by atoms with Gasteiger partial charge in [-0.05, 0) is 70.0 Å². The van der Waals surface area contributed by atoms with Gasteiger partial charge in [0.1, 0.15) is 23.0 Å². The zero-order valence-corrected chi connectivity index (χ0v) is 26.6. The summed E-state index contributed by atoms with van der Waals surface area (Å²) in [6.45, 7) is 3.05. The van der Waals surface area contributed by atoms with Crippen LogP contribution in [0.5, 0.6) is 23.0 Å². The number of carbonyl (C=O) groups is 2. The molecule has 2 aromatic rings. The molecule has 14 heteroatoms. The fraction of sp³-hybridized carbons (Fsp3) is 0.462. The van der Waals surface area contributed by atoms with Crippen LogP contribution in [-0.4, -0.2) is 66.7 Å². The van der Waals surface area contributed by atoms with E-state index in [1.807, 2.05) is 0 Å². The summed E-state index contributed by atoms with van der Waals surface area (Å²) in [5.74, 6) is -5.70. The molecule has 0 bridgehead atoms. The fourth-order valence-electron chi connectivity index (χ4n) is 4.09. The molecule has 0 fully saturated rings. The summed E-state index contributed by atoms with van der Waals surface area (Å²) in [6.07, 6.45) is 0. The van der Waals surface area contributed by atoms with Crippen molar-refractivity contribution in [1.82, 2.24) is 0 Å². The average Bonchev–Trinajstić information content (AvgIpc) is 2.93. The van der Waals surface area contributed by atoms with Gasteiger partial charge in [0.05, 0.1) is 60.6 Å². The van der Waals surface area contributed by atoms with Gasteiger partial charge in [-0.25, -0.2) is 9.59 Å². The highest BCUT2D eigenvalue weighted by Gasteiger charge is 2.49. The highest BCUT2D eigenvalue weighted by Crippen LogP contribution is 2.44. The van der Waals surface area contributed by atoms with E-state index in [-0.39, 0.29) is 22.6 Å². The normalized spacial score (nSPS) is 15.6. The third kappa shape index (κ3) is 6.31. The standard InChI is InChI=1S/C26H34Br2N2O10/c1-13(29)25(37-7,15-9-21(35-5)17(27)11-19(15)33-3)39-23(31)24(32)40-26(38-8,14(2)30)16-10-22(36-6)18(28)12-20(16)34-4/h9-14H,29-30H2,1-8H3. The Labute approximate surface area is 249 Å². The van der Waals surface area contributed by atoms with Gasteiger partial charge in [-0.2, -0.15) is 0 Å². The summed E-state index contributed by atoms with van der Waals surface area (Å²) in [5, 5.41) is 0. The lowest BCUT2D eigenvalue weighted by atomic mass is 9.97. The van der Waals surface area contributed by atoms with E-state index in [1.54, 1.807) is 12.1 Å². The number of methoxy groups -OCH3 is 6. The predicted molar refractivity (Wildman–Crippen MR) is 151 cm³/mol. The number of esters is 2. The number of hydrogen-bond acceptors (Lipinski definition) is 12. The number of ether oxygens (including phenoxy) is 8. The van der Waals surface area contributed by atoms with Crippen molar-refractivity contribution in [3.05, 3.63) is 44.3 Å². The van der Waals surface area contributed by atoms with Gasteiger partial charge in [0.25, 0.3) is 11.6 Å². The van der Waals surface area contributed by atoms with Crippen LogP contribution in [0.4, 0.5) is 0 Å². The first kappa shape index (κ1) is 33.6. The van der Waals surface area contributed by atoms with Gasteiger partial charge in [0, 0.05) is 14.2 Å². The molecule has 40 heavy (non-hydrogen) atoms. The van der Waals surface area contributed by atoms with E-state index < -0.39 is 35.6 Å². The van der Waals surface area contributed by atoms with Crippen LogP contribution < -0.4 is 30.4 Å². The molecule has 0 aromatic heterocycles. The molecule has 0 heterocycles. The monoisotopic (exact) mass is 692 g/mol. The van der Waals surface area contributed by atoms with Gasteiger partial charge >= 0.3 is 11.9 Å². The minimum absolute atomic E-state index is 0.179. The first-order valence-electron chi connectivity index (χ1n) is 11.7. The van der Waals surface area contributed by atoms with Crippen LogP contribution in [-0.2, 0) is 40.1 Å². The molecule has 0 saturated heterocycles. The molecule has 2 aromatic carbocycles. The average molecular weight is 694 g/mol. The molecule has 0 aliphatic rings. The van der Waals surface area contributed by atoms with Crippen LogP contribution in [0.1, 0.15) is 25.0 Å². The molecule has 0 saturated carbocycles. The molecule has 0 aliphatic carbocycles. The second-order valence-corrected chi connectivity index (χ2v) is 10.2. The Bertz CT molecular complexity index is 1130. The number of halogens is 2. The molecular formula is C26H34Br2N2O10. The van der Waals surface area contributed by atoms with Crippen molar-refractivity contribution >= 4 is 43.8 Å². The zero-order chi connectivity index (χ0) is 30.4. The van der Waals surface area contributed by atoms with Crippen LogP contribution in [0.25, 0.3) is 0 Å². The Morgan fingerprint density at radius 3 is 1.15 bits per heavy atom. The van der Waals surface area contributed by atoms with Gasteiger partial charge in [0.2, 0.25) is 0 Å². The second kappa shape index (κ2) is 13.8. The number of hydrogen-bond donors (Lipinski definition) is 2. The minimum Gasteiger partial charge on any atom is -0.496 e. The van der Waals surface area contributed by atoms with Gasteiger partial charge in [-0.15, -0.1) is 0 Å². The van der Waals surface area contributed by atoms with Crippen molar-refractivity contribution in [2.45, 2.75) is 37.5 Å². The third-order valence-corrected chi connectivity index (χ3v) is 7.40. The van der Waals surface area contributed by atoms with Crippen molar-refractivity contribution in [2.75, 3.05) is 42.7 Å². The molecule has 4 N–H and O–H groups in total. The Kier molecular flexibility index (Phi) is 11.6. The molecule has 0 spiro atoms. The summed E-state index contributed by atoms with van der Waals surface area (Å²) >= 11 is 6.76. The Hall–Kier alpha value is -2.62. The highest BCUT2D eigenvalue weighted by atomic mass is 79.9. The largest absolute Gasteiger partial charge is 0.496 e. The maximum atomic E-state index is 13.3. The van der Waals surface area contributed by atoms with Crippen molar-refractivity contribution < 1.29 is 47.5 Å². The van der Waals surface area contributed by atoms with Crippen LogP contribution >= 0.6 is 31.9 Å². The number of nitrogens with two attached hydrogens (primary N) is 2. The van der Waals surface area contributed by atoms with Crippen molar-refractivity contribution in [3.63, 3.8) is 0 Å². The van der Waals surface area contributed by atoms with E-state index in [2.05, 4.69) is 31.9 Å². The highest BCUT2D eigenvalue weighted by molar-refractivity contribution is 9.10. The van der Waals surface area contributed by atoms with Crippen molar-refractivity contribution in [2.24, 2.45) is 11.5 Å². The lowest BCUT2D eigenvalue weighted by molar-refractivity contribution is -0.257. The summed E-state index contributed by atoms with van der Waals surface area (Å²) in [4.78, 5) is 26.6. The van der Waals surface area contributed by atoms with Gasteiger partial charge < -0.3 is 49.4 Å². The molecule has 12 nitrogen and oxygen atoms in total. The predicted octanol–water partition coefficient (Wildman–Crippen LogP) is 3.33. The minimum atomic E-state index is -2.00. The molecule has 0 radical (unpaired) electrons. The molecule has 0 aliphatic heterocycles. The summed E-state index contributed by atoms with van der Waals surface area (Å²) in [5.41, 5.74) is 12.9. The van der Waals surface area contributed by atoms with Gasteiger partial charge in [0.15, 0.2) is 0 Å². The van der Waals surface area contributed by atoms with Crippen LogP contribution in [0.3, 0.4) is 0 Å². The third-order valence-electron chi connectivity index (χ3n) is 6.16. The zero-order valence-electron chi connectivity index (χ0n) is 23.5. The molecular weight excluding hydrogens is 660 g/mol. The van der Waals surface area contributed by atoms with E-state index in [0.717, 1.165) is 0 Å². The lowest BCUT2D eigenvalue weighted by Crippen LogP contribution is -2.52. The van der Waals surface area contributed by atoms with E-state index >= 15 is 0 Å².